The predicted molar refractivity (Wildman–Crippen MR) is 96.0 cm³/mol. The quantitative estimate of drug-likeness (QED) is 0.708. The molecule has 2 aromatic heterocycles. The molecule has 0 aliphatic carbocycles. The monoisotopic (exact) mass is 367 g/mol. The second-order valence-electron chi connectivity index (χ2n) is 5.14. The third-order valence-electron chi connectivity index (χ3n) is 3.63. The largest absolute Gasteiger partial charge is 0.497 e. The molecule has 3 aromatic rings. The van der Waals surface area contributed by atoms with E-state index < -0.39 is 11.4 Å². The molecule has 130 valence electrons. The molecule has 0 bridgehead atoms. The summed E-state index contributed by atoms with van der Waals surface area (Å²) < 4.78 is 6.03. The molecule has 2 heterocycles. The van der Waals surface area contributed by atoms with E-state index in [2.05, 4.69) is 15.2 Å². The van der Waals surface area contributed by atoms with Crippen LogP contribution in [0.4, 0.5) is 11.4 Å². The number of hydrogen-bond donors (Lipinski definition) is 1. The molecule has 1 aromatic carbocycles. The summed E-state index contributed by atoms with van der Waals surface area (Å²) in [6, 6.07) is 8.69. The molecular formula is C17H13N5O3S. The Kier molecular flexibility index (Phi) is 4.77. The number of benzene rings is 1. The first-order valence-corrected chi connectivity index (χ1v) is 8.29. The highest BCUT2D eigenvalue weighted by Gasteiger charge is 2.21. The van der Waals surface area contributed by atoms with Crippen molar-refractivity contribution in [1.82, 2.24) is 9.55 Å². The summed E-state index contributed by atoms with van der Waals surface area (Å²) in [5.41, 5.74) is 0.0668. The van der Waals surface area contributed by atoms with Crippen LogP contribution < -0.4 is 10.3 Å². The number of rotatable bonds is 4. The van der Waals surface area contributed by atoms with Crippen molar-refractivity contribution in [3.05, 3.63) is 57.3 Å². The summed E-state index contributed by atoms with van der Waals surface area (Å²) in [5.74, 6) is 0.205. The number of hydrogen-bond acceptors (Lipinski definition) is 8. The lowest BCUT2D eigenvalue weighted by atomic mass is 10.1. The number of azo groups is 1. The topological polar surface area (TPSA) is 113 Å². The van der Waals surface area contributed by atoms with E-state index in [4.69, 9.17) is 4.74 Å². The third kappa shape index (κ3) is 3.05. The van der Waals surface area contributed by atoms with Gasteiger partial charge in [-0.05, 0) is 31.2 Å². The van der Waals surface area contributed by atoms with Crippen molar-refractivity contribution in [2.45, 2.75) is 6.92 Å². The van der Waals surface area contributed by atoms with Crippen LogP contribution in [0.5, 0.6) is 11.6 Å². The number of pyridine rings is 1. The molecule has 0 aliphatic rings. The molecule has 1 N–H and O–H groups in total. The summed E-state index contributed by atoms with van der Waals surface area (Å²) in [4.78, 5) is 16.8. The number of aromatic hydroxyl groups is 1. The van der Waals surface area contributed by atoms with Gasteiger partial charge in [0, 0.05) is 17.1 Å². The number of methoxy groups -OCH3 is 1. The van der Waals surface area contributed by atoms with Crippen LogP contribution in [0.3, 0.4) is 0 Å². The molecule has 26 heavy (non-hydrogen) atoms. The maximum Gasteiger partial charge on any atom is 0.287 e. The maximum absolute atomic E-state index is 12.8. The predicted octanol–water partition coefficient (Wildman–Crippen LogP) is 3.60. The van der Waals surface area contributed by atoms with Gasteiger partial charge in [0.05, 0.1) is 12.8 Å². The average Bonchev–Trinajstić information content (AvgIpc) is 3.16. The van der Waals surface area contributed by atoms with Gasteiger partial charge in [-0.3, -0.25) is 4.79 Å². The zero-order chi connectivity index (χ0) is 18.7. The van der Waals surface area contributed by atoms with Gasteiger partial charge in [0.25, 0.3) is 5.56 Å². The fourth-order valence-corrected chi connectivity index (χ4v) is 2.91. The van der Waals surface area contributed by atoms with Gasteiger partial charge in [0.15, 0.2) is 10.8 Å². The van der Waals surface area contributed by atoms with Crippen LogP contribution in [-0.4, -0.2) is 21.8 Å². The molecule has 3 rings (SSSR count). The summed E-state index contributed by atoms with van der Waals surface area (Å²) in [6.45, 7) is 1.54. The van der Waals surface area contributed by atoms with Gasteiger partial charge in [0.1, 0.15) is 17.4 Å². The van der Waals surface area contributed by atoms with Crippen molar-refractivity contribution in [2.75, 3.05) is 7.11 Å². The first kappa shape index (κ1) is 17.3. The highest BCUT2D eigenvalue weighted by molar-refractivity contribution is 7.12. The van der Waals surface area contributed by atoms with Crippen LogP contribution in [0.25, 0.3) is 5.13 Å². The Hall–Kier alpha value is -3.51. The van der Waals surface area contributed by atoms with Crippen molar-refractivity contribution in [1.29, 1.82) is 5.26 Å². The molecule has 9 heteroatoms. The van der Waals surface area contributed by atoms with Crippen LogP contribution in [0.1, 0.15) is 11.1 Å². The Balaban J connectivity index is 2.14. The van der Waals surface area contributed by atoms with E-state index in [0.717, 1.165) is 15.9 Å². The molecule has 0 aliphatic heterocycles. The van der Waals surface area contributed by atoms with Crippen LogP contribution in [0.15, 0.2) is 50.9 Å². The maximum atomic E-state index is 12.8. The van der Waals surface area contributed by atoms with Crippen molar-refractivity contribution in [3.8, 4) is 22.8 Å². The normalized spacial score (nSPS) is 10.8. The van der Waals surface area contributed by atoms with E-state index in [9.17, 15) is 15.2 Å². The number of ether oxygens (including phenoxy) is 1. The smallest absolute Gasteiger partial charge is 0.287 e. The Morgan fingerprint density at radius 2 is 2.04 bits per heavy atom. The van der Waals surface area contributed by atoms with Crippen molar-refractivity contribution in [3.63, 3.8) is 0 Å². The van der Waals surface area contributed by atoms with E-state index in [1.807, 2.05) is 6.07 Å². The van der Waals surface area contributed by atoms with E-state index in [1.165, 1.54) is 13.1 Å². The van der Waals surface area contributed by atoms with Crippen molar-refractivity contribution < 1.29 is 9.84 Å². The van der Waals surface area contributed by atoms with E-state index >= 15 is 0 Å². The van der Waals surface area contributed by atoms with Crippen molar-refractivity contribution in [2.24, 2.45) is 10.2 Å². The fraction of sp³-hybridized carbons (Fsp3) is 0.118. The molecule has 0 atom stereocenters. The first-order chi connectivity index (χ1) is 12.6. The zero-order valence-electron chi connectivity index (χ0n) is 13.9. The fourth-order valence-electron chi connectivity index (χ4n) is 2.27. The van der Waals surface area contributed by atoms with E-state index in [-0.39, 0.29) is 21.9 Å². The summed E-state index contributed by atoms with van der Waals surface area (Å²) in [5, 5.41) is 29.6. The summed E-state index contributed by atoms with van der Waals surface area (Å²) in [7, 11) is 1.56. The zero-order valence-corrected chi connectivity index (χ0v) is 14.7. The van der Waals surface area contributed by atoms with Crippen LogP contribution in [-0.2, 0) is 0 Å². The summed E-state index contributed by atoms with van der Waals surface area (Å²) >= 11 is 1.15. The molecule has 0 unspecified atom stereocenters. The second kappa shape index (κ2) is 7.16. The Morgan fingerprint density at radius 1 is 1.31 bits per heavy atom. The SMILES string of the molecule is COc1ccc(N=Nc2c(C)c(C#N)c(O)n(-c3nccs3)c2=O)cc1. The first-order valence-electron chi connectivity index (χ1n) is 7.41. The number of aromatic nitrogens is 2. The van der Waals surface area contributed by atoms with Gasteiger partial charge in [-0.25, -0.2) is 9.55 Å². The van der Waals surface area contributed by atoms with Gasteiger partial charge in [-0.15, -0.1) is 16.5 Å². The minimum absolute atomic E-state index is 0.0367. The molecular weight excluding hydrogens is 354 g/mol. The molecule has 0 spiro atoms. The minimum Gasteiger partial charge on any atom is -0.497 e. The average molecular weight is 367 g/mol. The summed E-state index contributed by atoms with van der Waals surface area (Å²) in [6.07, 6.45) is 1.50. The van der Waals surface area contributed by atoms with Gasteiger partial charge < -0.3 is 9.84 Å². The molecule has 0 radical (unpaired) electrons. The lowest BCUT2D eigenvalue weighted by Gasteiger charge is -2.10. The van der Waals surface area contributed by atoms with Gasteiger partial charge >= 0.3 is 0 Å². The van der Waals surface area contributed by atoms with Crippen LogP contribution in [0, 0.1) is 18.3 Å². The van der Waals surface area contributed by atoms with Crippen molar-refractivity contribution >= 4 is 22.7 Å². The number of nitrogens with zero attached hydrogens (tertiary/aromatic N) is 5. The van der Waals surface area contributed by atoms with Crippen LogP contribution in [0.2, 0.25) is 0 Å². The molecule has 0 amide bonds. The third-order valence-corrected chi connectivity index (χ3v) is 4.39. The molecule has 0 saturated carbocycles. The Bertz CT molecular complexity index is 1060. The minimum atomic E-state index is -0.605. The number of thiazole rings is 1. The van der Waals surface area contributed by atoms with Gasteiger partial charge in [-0.1, -0.05) is 0 Å². The number of nitriles is 1. The van der Waals surface area contributed by atoms with Gasteiger partial charge in [-0.2, -0.15) is 10.4 Å². The highest BCUT2D eigenvalue weighted by atomic mass is 32.1. The molecule has 0 saturated heterocycles. The van der Waals surface area contributed by atoms with E-state index in [0.29, 0.717) is 11.4 Å². The second-order valence-corrected chi connectivity index (χ2v) is 6.01. The van der Waals surface area contributed by atoms with E-state index in [1.54, 1.807) is 36.8 Å². The van der Waals surface area contributed by atoms with Crippen LogP contribution >= 0.6 is 11.3 Å². The van der Waals surface area contributed by atoms with Gasteiger partial charge in [0.2, 0.25) is 5.88 Å². The Labute approximate surface area is 152 Å². The Morgan fingerprint density at radius 3 is 2.62 bits per heavy atom. The highest BCUT2D eigenvalue weighted by Crippen LogP contribution is 2.29. The molecule has 8 nitrogen and oxygen atoms in total. The lowest BCUT2D eigenvalue weighted by Crippen LogP contribution is -2.20. The molecule has 0 fully saturated rings. The lowest BCUT2D eigenvalue weighted by molar-refractivity contribution is 0.415. The standard InChI is InChI=1S/C17H13N5O3S/c1-10-13(9-18)15(23)22(17-19-7-8-26-17)16(24)14(10)21-20-11-3-5-12(25-2)6-4-11/h3-8,23H,1-2H3.